The van der Waals surface area contributed by atoms with E-state index in [9.17, 15) is 18.7 Å². The average Bonchev–Trinajstić information content (AvgIpc) is 2.89. The first kappa shape index (κ1) is 20.3. The van der Waals surface area contributed by atoms with Crippen LogP contribution in [0.5, 0.6) is 5.75 Å². The molecule has 0 aromatic heterocycles. The van der Waals surface area contributed by atoms with Gasteiger partial charge in [0.05, 0.1) is 0 Å². The van der Waals surface area contributed by atoms with Crippen molar-refractivity contribution in [1.82, 2.24) is 4.90 Å². The number of benzene rings is 2. The van der Waals surface area contributed by atoms with E-state index >= 15 is 0 Å². The molecule has 1 N–H and O–H groups in total. The maximum absolute atomic E-state index is 13.7. The minimum Gasteiger partial charge on any atom is -0.491 e. The van der Waals surface area contributed by atoms with Crippen LogP contribution >= 0.6 is 0 Å². The summed E-state index contributed by atoms with van der Waals surface area (Å²) in [4.78, 5) is 14.2. The van der Waals surface area contributed by atoms with Gasteiger partial charge in [-0.2, -0.15) is 0 Å². The molecule has 2 aromatic carbocycles. The molecule has 6 heteroatoms. The Morgan fingerprint density at radius 3 is 2.57 bits per heavy atom. The predicted octanol–water partition coefficient (Wildman–Crippen LogP) is 3.72. The molecule has 0 spiro atoms. The van der Waals surface area contributed by atoms with Crippen LogP contribution in [0.3, 0.4) is 0 Å². The lowest BCUT2D eigenvalue weighted by Gasteiger charge is -2.27. The summed E-state index contributed by atoms with van der Waals surface area (Å²) in [6, 6.07) is 12.1. The second-order valence-electron chi connectivity index (χ2n) is 7.29. The number of halogens is 2. The van der Waals surface area contributed by atoms with Gasteiger partial charge in [-0.05, 0) is 61.6 Å². The zero-order chi connectivity index (χ0) is 20.0. The molecule has 0 aliphatic carbocycles. The van der Waals surface area contributed by atoms with Crippen molar-refractivity contribution in [3.05, 3.63) is 65.7 Å². The Morgan fingerprint density at radius 1 is 1.07 bits per heavy atom. The van der Waals surface area contributed by atoms with E-state index in [2.05, 4.69) is 0 Å². The van der Waals surface area contributed by atoms with Crippen LogP contribution in [-0.2, 0) is 11.2 Å². The van der Waals surface area contributed by atoms with Crippen LogP contribution in [-0.4, -0.2) is 41.2 Å². The quantitative estimate of drug-likeness (QED) is 0.819. The number of aliphatic hydroxyl groups is 1. The van der Waals surface area contributed by atoms with Crippen LogP contribution in [0.25, 0.3) is 0 Å². The standard InChI is InChI=1S/C22H25F2NO3/c23-18-7-9-19(10-8-18)28-16-22(27)12-3-14-25(15-13-22)21(26)11-6-17-4-1-2-5-20(17)24/h1-2,4-5,7-10,27H,3,6,11-16H2. The largest absolute Gasteiger partial charge is 0.491 e. The molecule has 0 saturated carbocycles. The zero-order valence-corrected chi connectivity index (χ0v) is 15.7. The van der Waals surface area contributed by atoms with Crippen LogP contribution in [0, 0.1) is 11.6 Å². The molecule has 2 aromatic rings. The molecular weight excluding hydrogens is 364 g/mol. The van der Waals surface area contributed by atoms with Crippen molar-refractivity contribution in [3.63, 3.8) is 0 Å². The summed E-state index contributed by atoms with van der Waals surface area (Å²) in [7, 11) is 0. The molecule has 1 amide bonds. The lowest BCUT2D eigenvalue weighted by Crippen LogP contribution is -2.38. The first-order chi connectivity index (χ1) is 13.5. The predicted molar refractivity (Wildman–Crippen MR) is 102 cm³/mol. The molecule has 0 bridgehead atoms. The fraction of sp³-hybridized carbons (Fsp3) is 0.409. The van der Waals surface area contributed by atoms with E-state index in [4.69, 9.17) is 4.74 Å². The van der Waals surface area contributed by atoms with Crippen LogP contribution in [0.15, 0.2) is 48.5 Å². The number of amides is 1. The van der Waals surface area contributed by atoms with E-state index in [0.29, 0.717) is 50.1 Å². The van der Waals surface area contributed by atoms with Gasteiger partial charge in [-0.25, -0.2) is 8.78 Å². The molecule has 1 heterocycles. The van der Waals surface area contributed by atoms with Crippen molar-refractivity contribution in [3.8, 4) is 5.75 Å². The van der Waals surface area contributed by atoms with Crippen molar-refractivity contribution < 1.29 is 23.4 Å². The molecule has 1 aliphatic heterocycles. The Bertz CT molecular complexity index is 797. The van der Waals surface area contributed by atoms with Gasteiger partial charge < -0.3 is 14.7 Å². The van der Waals surface area contributed by atoms with E-state index in [0.717, 1.165) is 0 Å². The van der Waals surface area contributed by atoms with Crippen LogP contribution in [0.1, 0.15) is 31.2 Å². The Balaban J connectivity index is 1.49. The number of carbonyl (C=O) groups is 1. The normalized spacial score (nSPS) is 19.9. The van der Waals surface area contributed by atoms with E-state index in [1.165, 1.54) is 30.3 Å². The van der Waals surface area contributed by atoms with Gasteiger partial charge in [-0.15, -0.1) is 0 Å². The highest BCUT2D eigenvalue weighted by Crippen LogP contribution is 2.25. The van der Waals surface area contributed by atoms with Gasteiger partial charge in [0.1, 0.15) is 29.6 Å². The third-order valence-corrected chi connectivity index (χ3v) is 5.16. The number of rotatable bonds is 6. The van der Waals surface area contributed by atoms with E-state index in [1.54, 1.807) is 23.1 Å². The minimum atomic E-state index is -1.03. The number of hydrogen-bond donors (Lipinski definition) is 1. The lowest BCUT2D eigenvalue weighted by atomic mass is 9.96. The van der Waals surface area contributed by atoms with Gasteiger partial charge >= 0.3 is 0 Å². The maximum Gasteiger partial charge on any atom is 0.222 e. The molecule has 28 heavy (non-hydrogen) atoms. The van der Waals surface area contributed by atoms with Gasteiger partial charge in [0, 0.05) is 19.5 Å². The molecule has 0 radical (unpaired) electrons. The van der Waals surface area contributed by atoms with E-state index in [-0.39, 0.29) is 30.6 Å². The number of aryl methyl sites for hydroxylation is 1. The highest BCUT2D eigenvalue weighted by Gasteiger charge is 2.32. The van der Waals surface area contributed by atoms with Crippen molar-refractivity contribution >= 4 is 5.91 Å². The van der Waals surface area contributed by atoms with Crippen molar-refractivity contribution in [2.45, 2.75) is 37.7 Å². The highest BCUT2D eigenvalue weighted by molar-refractivity contribution is 5.76. The highest BCUT2D eigenvalue weighted by atomic mass is 19.1. The van der Waals surface area contributed by atoms with Gasteiger partial charge in [0.25, 0.3) is 0 Å². The minimum absolute atomic E-state index is 0.0352. The fourth-order valence-corrected chi connectivity index (χ4v) is 3.42. The zero-order valence-electron chi connectivity index (χ0n) is 15.7. The first-order valence-corrected chi connectivity index (χ1v) is 9.57. The summed E-state index contributed by atoms with van der Waals surface area (Å²) in [6.07, 6.45) is 2.19. The van der Waals surface area contributed by atoms with Crippen LogP contribution < -0.4 is 4.74 Å². The Kier molecular flexibility index (Phi) is 6.62. The number of nitrogens with zero attached hydrogens (tertiary/aromatic N) is 1. The van der Waals surface area contributed by atoms with Crippen molar-refractivity contribution in [1.29, 1.82) is 0 Å². The molecule has 3 rings (SSSR count). The lowest BCUT2D eigenvalue weighted by molar-refractivity contribution is -0.131. The topological polar surface area (TPSA) is 49.8 Å². The summed E-state index contributed by atoms with van der Waals surface area (Å²) in [5.41, 5.74) is -0.496. The number of hydrogen-bond acceptors (Lipinski definition) is 3. The van der Waals surface area contributed by atoms with Crippen LogP contribution in [0.2, 0.25) is 0 Å². The molecule has 1 aliphatic rings. The summed E-state index contributed by atoms with van der Waals surface area (Å²) < 4.78 is 32.3. The summed E-state index contributed by atoms with van der Waals surface area (Å²) in [5.74, 6) is -0.174. The van der Waals surface area contributed by atoms with Gasteiger partial charge in [-0.3, -0.25) is 4.79 Å². The third kappa shape index (κ3) is 5.52. The maximum atomic E-state index is 13.7. The number of ether oxygens (including phenoxy) is 1. The molecular formula is C22H25F2NO3. The number of likely N-dealkylation sites (tertiary alicyclic amines) is 1. The summed E-state index contributed by atoms with van der Waals surface area (Å²) in [6.45, 7) is 1.09. The van der Waals surface area contributed by atoms with Gasteiger partial charge in [0.2, 0.25) is 5.91 Å². The van der Waals surface area contributed by atoms with Gasteiger partial charge in [-0.1, -0.05) is 18.2 Å². The summed E-state index contributed by atoms with van der Waals surface area (Å²) >= 11 is 0. The molecule has 4 nitrogen and oxygen atoms in total. The van der Waals surface area contributed by atoms with Crippen LogP contribution in [0.4, 0.5) is 8.78 Å². The Labute approximate surface area is 163 Å². The van der Waals surface area contributed by atoms with Crippen molar-refractivity contribution in [2.75, 3.05) is 19.7 Å². The van der Waals surface area contributed by atoms with E-state index < -0.39 is 5.60 Å². The third-order valence-electron chi connectivity index (χ3n) is 5.16. The molecule has 1 unspecified atom stereocenters. The van der Waals surface area contributed by atoms with E-state index in [1.807, 2.05) is 0 Å². The summed E-state index contributed by atoms with van der Waals surface area (Å²) in [5, 5.41) is 10.8. The Morgan fingerprint density at radius 2 is 1.82 bits per heavy atom. The second-order valence-corrected chi connectivity index (χ2v) is 7.29. The van der Waals surface area contributed by atoms with Crippen molar-refractivity contribution in [2.24, 2.45) is 0 Å². The second kappa shape index (κ2) is 9.15. The fourth-order valence-electron chi connectivity index (χ4n) is 3.42. The number of carbonyl (C=O) groups excluding carboxylic acids is 1. The average molecular weight is 389 g/mol. The molecule has 1 saturated heterocycles. The monoisotopic (exact) mass is 389 g/mol. The molecule has 1 atom stereocenters. The molecule has 150 valence electrons. The smallest absolute Gasteiger partial charge is 0.222 e. The first-order valence-electron chi connectivity index (χ1n) is 9.57. The van der Waals surface area contributed by atoms with Gasteiger partial charge in [0.15, 0.2) is 0 Å². The molecule has 1 fully saturated rings. The Hall–Kier alpha value is -2.47. The SMILES string of the molecule is O=C(CCc1ccccc1F)N1CCCC(O)(COc2ccc(F)cc2)CC1.